The number of amides is 3. The van der Waals surface area contributed by atoms with Crippen LogP contribution in [0.25, 0.3) is 0 Å². The maximum absolute atomic E-state index is 14.4. The number of allylic oxidation sites excluding steroid dienone is 4. The van der Waals surface area contributed by atoms with Crippen LogP contribution in [0.15, 0.2) is 53.2 Å². The Bertz CT molecular complexity index is 1310. The Hall–Kier alpha value is -3.35. The quantitative estimate of drug-likeness (QED) is 0.103. The fourth-order valence-corrected chi connectivity index (χ4v) is 5.49. The first-order chi connectivity index (χ1) is 22.6. The van der Waals surface area contributed by atoms with E-state index in [1.807, 2.05) is 25.2 Å². The summed E-state index contributed by atoms with van der Waals surface area (Å²) < 4.78 is 31.9. The van der Waals surface area contributed by atoms with E-state index >= 15 is 0 Å². The molecule has 0 spiro atoms. The van der Waals surface area contributed by atoms with Gasteiger partial charge in [-0.25, -0.2) is 4.39 Å². The van der Waals surface area contributed by atoms with E-state index in [0.29, 0.717) is 25.4 Å². The number of likely N-dealkylation sites (tertiary alicyclic amines) is 1. The Labute approximate surface area is 285 Å². The summed E-state index contributed by atoms with van der Waals surface area (Å²) in [4.78, 5) is 51.9. The van der Waals surface area contributed by atoms with Gasteiger partial charge in [0.05, 0.1) is 23.3 Å². The van der Waals surface area contributed by atoms with E-state index in [2.05, 4.69) is 32.7 Å². The van der Waals surface area contributed by atoms with Crippen LogP contribution in [0, 0.1) is 0 Å². The van der Waals surface area contributed by atoms with Crippen LogP contribution in [-0.2, 0) is 19.1 Å². The minimum atomic E-state index is -1.18. The van der Waals surface area contributed by atoms with Gasteiger partial charge in [-0.05, 0) is 82.2 Å². The number of benzene rings is 1. The number of nitrogens with zero attached hydrogens (tertiary/aromatic N) is 2. The van der Waals surface area contributed by atoms with Crippen molar-refractivity contribution in [1.82, 2.24) is 15.1 Å². The fraction of sp³-hybridized carbons (Fsp3) is 0.543. The summed E-state index contributed by atoms with van der Waals surface area (Å²) in [6, 6.07) is 3.27. The fourth-order valence-electron chi connectivity index (χ4n) is 5.35. The van der Waals surface area contributed by atoms with Crippen LogP contribution in [0.2, 0.25) is 0 Å². The summed E-state index contributed by atoms with van der Waals surface area (Å²) in [6.07, 6.45) is 11.9. The van der Waals surface area contributed by atoms with Crippen molar-refractivity contribution in [2.45, 2.75) is 82.7 Å². The van der Waals surface area contributed by atoms with Crippen molar-refractivity contribution in [3.8, 4) is 5.75 Å². The molecule has 3 amide bonds. The molecule has 2 heterocycles. The van der Waals surface area contributed by atoms with Crippen molar-refractivity contribution in [3.63, 3.8) is 0 Å². The predicted octanol–water partition coefficient (Wildman–Crippen LogP) is 5.52. The molecule has 0 bridgehead atoms. The van der Waals surface area contributed by atoms with Crippen molar-refractivity contribution < 1.29 is 37.8 Å². The van der Waals surface area contributed by atoms with Gasteiger partial charge in [-0.2, -0.15) is 0 Å². The molecule has 12 heteroatoms. The normalized spacial score (nSPS) is 18.6. The number of aldehydes is 1. The molecule has 10 nitrogen and oxygen atoms in total. The van der Waals surface area contributed by atoms with E-state index < -0.39 is 29.9 Å². The molecule has 1 aliphatic carbocycles. The van der Waals surface area contributed by atoms with Gasteiger partial charge in [-0.1, -0.05) is 28.6 Å². The second-order valence-corrected chi connectivity index (χ2v) is 12.6. The van der Waals surface area contributed by atoms with Gasteiger partial charge in [0.15, 0.2) is 0 Å². The number of hydrogen-bond acceptors (Lipinski definition) is 8. The molecule has 258 valence electrons. The molecule has 1 aromatic rings. The third-order valence-corrected chi connectivity index (χ3v) is 9.16. The number of likely N-dealkylation sites (N-methyl/N-ethyl adjacent to an activating group) is 1. The maximum atomic E-state index is 14.4. The molecule has 1 saturated heterocycles. The highest BCUT2D eigenvalue weighted by molar-refractivity contribution is 9.11. The zero-order valence-electron chi connectivity index (χ0n) is 27.6. The van der Waals surface area contributed by atoms with Crippen molar-refractivity contribution in [3.05, 3.63) is 64.4 Å². The first-order valence-corrected chi connectivity index (χ1v) is 17.0. The molecule has 2 fully saturated rings. The molecule has 0 aromatic heterocycles. The molecular formula is C35H47BrFN3O7. The molecule has 1 N–H and O–H groups in total. The molecule has 4 rings (SSSR count). The molecule has 0 radical (unpaired) electrons. The number of methoxy groups -OCH3 is 1. The van der Waals surface area contributed by atoms with E-state index in [1.165, 1.54) is 44.5 Å². The molecular weight excluding hydrogens is 673 g/mol. The predicted molar refractivity (Wildman–Crippen MR) is 181 cm³/mol. The first kappa shape index (κ1) is 38.1. The lowest BCUT2D eigenvalue weighted by atomic mass is 9.96. The monoisotopic (exact) mass is 719 g/mol. The van der Waals surface area contributed by atoms with Gasteiger partial charge in [0.1, 0.15) is 36.6 Å². The molecule has 2 unspecified atom stereocenters. The SMILES string of the molecule is C=C(/C=C\C(Br)=C/C)OC1CCC1.CNC(=O)C(CCC=O)N1C(=O)c2ccc(OCC(F)CCN3CCC(OC)CC3)cc2C1=O. The van der Waals surface area contributed by atoms with Gasteiger partial charge < -0.3 is 29.2 Å². The third kappa shape index (κ3) is 11.4. The smallest absolute Gasteiger partial charge is 0.262 e. The summed E-state index contributed by atoms with van der Waals surface area (Å²) in [5.74, 6) is -0.745. The highest BCUT2D eigenvalue weighted by Crippen LogP contribution is 2.30. The Morgan fingerprint density at radius 2 is 1.81 bits per heavy atom. The van der Waals surface area contributed by atoms with Crippen LogP contribution < -0.4 is 10.1 Å². The average Bonchev–Trinajstić information content (AvgIpc) is 3.32. The van der Waals surface area contributed by atoms with Gasteiger partial charge in [-0.15, -0.1) is 0 Å². The molecule has 3 aliphatic rings. The van der Waals surface area contributed by atoms with Crippen molar-refractivity contribution in [1.29, 1.82) is 0 Å². The minimum Gasteiger partial charge on any atom is -0.491 e. The van der Waals surface area contributed by atoms with E-state index in [-0.39, 0.29) is 42.4 Å². The molecule has 1 aromatic carbocycles. The second-order valence-electron chi connectivity index (χ2n) is 11.7. The third-order valence-electron chi connectivity index (χ3n) is 8.44. The topological polar surface area (TPSA) is 114 Å². The van der Waals surface area contributed by atoms with Gasteiger partial charge in [0.2, 0.25) is 5.91 Å². The number of fused-ring (bicyclic) bond motifs is 1. The van der Waals surface area contributed by atoms with Gasteiger partial charge >= 0.3 is 0 Å². The minimum absolute atomic E-state index is 0.0299. The number of imide groups is 1. The Morgan fingerprint density at radius 3 is 2.40 bits per heavy atom. The van der Waals surface area contributed by atoms with Crippen molar-refractivity contribution >= 4 is 39.9 Å². The van der Waals surface area contributed by atoms with Crippen LogP contribution in [0.3, 0.4) is 0 Å². The van der Waals surface area contributed by atoms with Crippen LogP contribution in [0.4, 0.5) is 4.39 Å². The zero-order valence-corrected chi connectivity index (χ0v) is 29.1. The Morgan fingerprint density at radius 1 is 1.11 bits per heavy atom. The summed E-state index contributed by atoms with van der Waals surface area (Å²) in [6.45, 7) is 8.03. The lowest BCUT2D eigenvalue weighted by molar-refractivity contribution is -0.124. The first-order valence-electron chi connectivity index (χ1n) is 16.2. The van der Waals surface area contributed by atoms with Gasteiger partial charge in [0.25, 0.3) is 11.8 Å². The zero-order chi connectivity index (χ0) is 34.3. The number of carbonyl (C=O) groups is 4. The number of alkyl halides is 1. The average molecular weight is 721 g/mol. The van der Waals surface area contributed by atoms with E-state index in [0.717, 1.165) is 41.1 Å². The highest BCUT2D eigenvalue weighted by atomic mass is 79.9. The van der Waals surface area contributed by atoms with Crippen LogP contribution in [0.1, 0.15) is 79.0 Å². The van der Waals surface area contributed by atoms with E-state index in [9.17, 15) is 23.6 Å². The number of hydrogen-bond donors (Lipinski definition) is 1. The van der Waals surface area contributed by atoms with Crippen molar-refractivity contribution in [2.24, 2.45) is 0 Å². The van der Waals surface area contributed by atoms with Crippen LogP contribution in [0.5, 0.6) is 5.75 Å². The summed E-state index contributed by atoms with van der Waals surface area (Å²) >= 11 is 3.38. The van der Waals surface area contributed by atoms with E-state index in [4.69, 9.17) is 14.2 Å². The molecule has 1 saturated carbocycles. The van der Waals surface area contributed by atoms with Crippen molar-refractivity contribution in [2.75, 3.05) is 40.4 Å². The number of piperidine rings is 1. The highest BCUT2D eigenvalue weighted by Gasteiger charge is 2.42. The number of halogens is 2. The van der Waals surface area contributed by atoms with Gasteiger partial charge in [0, 0.05) is 44.7 Å². The number of rotatable bonds is 16. The Kier molecular flexibility index (Phi) is 15.8. The number of nitrogens with one attached hydrogen (secondary N) is 1. The maximum Gasteiger partial charge on any atom is 0.262 e. The standard InChI is InChI=1S/C24H32FN3O6.C11H15BrO/c1-26-22(30)21(4-3-13-29)28-23(31)19-6-5-18(14-20(19)24(28)32)34-15-16(25)7-10-27-11-8-17(33-2)9-12-27;1-3-10(12)8-7-9(2)13-11-5-4-6-11/h5-6,13-14,16-17,21H,3-4,7-12,15H2,1-2H3,(H,26,30);3,7-8,11H,2,4-6H2,1H3/b;8-7-,10-3+. The molecule has 47 heavy (non-hydrogen) atoms. The summed E-state index contributed by atoms with van der Waals surface area (Å²) in [5.41, 5.74) is 0.243. The van der Waals surface area contributed by atoms with Crippen LogP contribution >= 0.6 is 15.9 Å². The van der Waals surface area contributed by atoms with Crippen LogP contribution in [-0.4, -0.2) is 98.6 Å². The largest absolute Gasteiger partial charge is 0.491 e. The second kappa shape index (κ2) is 19.5. The van der Waals surface area contributed by atoms with Gasteiger partial charge in [-0.3, -0.25) is 19.3 Å². The number of carbonyl (C=O) groups excluding carboxylic acids is 4. The van der Waals surface area contributed by atoms with E-state index in [1.54, 1.807) is 7.11 Å². The molecule has 2 atom stereocenters. The number of ether oxygens (including phenoxy) is 3. The lowest BCUT2D eigenvalue weighted by Crippen LogP contribution is -2.48. The molecule has 2 aliphatic heterocycles. The summed E-state index contributed by atoms with van der Waals surface area (Å²) in [5, 5.41) is 2.43. The Balaban J connectivity index is 0.000000386. The lowest BCUT2D eigenvalue weighted by Gasteiger charge is -2.31. The summed E-state index contributed by atoms with van der Waals surface area (Å²) in [7, 11) is 3.11.